The van der Waals surface area contributed by atoms with Crippen LogP contribution in [0.5, 0.6) is 0 Å². The molecule has 0 N–H and O–H groups in total. The molecule has 3 heterocycles. The second-order valence-electron chi connectivity index (χ2n) is 13.7. The minimum Gasteiger partial charge on any atom is -0.456 e. The number of hydrogen-bond donors (Lipinski definition) is 0. The van der Waals surface area contributed by atoms with Crippen molar-refractivity contribution in [2.24, 2.45) is 0 Å². The van der Waals surface area contributed by atoms with Crippen LogP contribution in [0.1, 0.15) is 5.56 Å². The van der Waals surface area contributed by atoms with E-state index < -0.39 is 0 Å². The van der Waals surface area contributed by atoms with Gasteiger partial charge in [-0.1, -0.05) is 133 Å². The zero-order valence-electron chi connectivity index (χ0n) is 30.8. The number of rotatable bonds is 8. The van der Waals surface area contributed by atoms with Gasteiger partial charge in [-0.2, -0.15) is 5.26 Å². The average Bonchev–Trinajstić information content (AvgIpc) is 3.67. The quantitative estimate of drug-likeness (QED) is 0.151. The van der Waals surface area contributed by atoms with E-state index in [0.29, 0.717) is 28.9 Å². The Kier molecular flexibility index (Phi) is 9.03. The summed E-state index contributed by atoms with van der Waals surface area (Å²) < 4.78 is 6.45. The summed E-state index contributed by atoms with van der Waals surface area (Å²) in [5.74, 6) is 2.32. The molecule has 0 bridgehead atoms. The predicted octanol–water partition coefficient (Wildman–Crippen LogP) is 12.6. The summed E-state index contributed by atoms with van der Waals surface area (Å²) in [7, 11) is 0. The number of benzene rings is 7. The number of hydrogen-bond acceptors (Lipinski definition) is 8. The third-order valence-electron chi connectivity index (χ3n) is 9.92. The van der Waals surface area contributed by atoms with Gasteiger partial charge in [-0.05, 0) is 65.7 Å². The Morgan fingerprint density at radius 3 is 1.64 bits per heavy atom. The minimum absolute atomic E-state index is 0.540. The molecular weight excluding hydrogens is 733 g/mol. The molecule has 0 saturated carbocycles. The molecule has 0 atom stereocenters. The van der Waals surface area contributed by atoms with Gasteiger partial charge in [0, 0.05) is 49.7 Å². The fourth-order valence-electron chi connectivity index (χ4n) is 6.96. The lowest BCUT2D eigenvalue weighted by Gasteiger charge is -2.11. The van der Waals surface area contributed by atoms with Crippen molar-refractivity contribution in [3.05, 3.63) is 188 Å². The van der Waals surface area contributed by atoms with E-state index >= 15 is 0 Å². The third kappa shape index (κ3) is 6.87. The van der Waals surface area contributed by atoms with Crippen molar-refractivity contribution in [3.8, 4) is 74.0 Å². The van der Waals surface area contributed by atoms with Gasteiger partial charge in [0.15, 0.2) is 23.3 Å². The normalized spacial score (nSPS) is 11.2. The van der Waals surface area contributed by atoms with Crippen molar-refractivity contribution in [1.82, 2.24) is 24.9 Å². The van der Waals surface area contributed by atoms with Crippen molar-refractivity contribution < 1.29 is 4.42 Å². The number of nitrogens with zero attached hydrogens (tertiary/aromatic N) is 6. The highest BCUT2D eigenvalue weighted by Crippen LogP contribution is 2.38. The largest absolute Gasteiger partial charge is 0.456 e. The molecule has 0 aliphatic carbocycles. The van der Waals surface area contributed by atoms with Crippen LogP contribution in [0.25, 0.3) is 89.9 Å². The Morgan fingerprint density at radius 2 is 0.966 bits per heavy atom. The molecule has 0 spiro atoms. The molecule has 8 heteroatoms. The molecule has 7 aromatic carbocycles. The molecule has 10 aromatic rings. The van der Waals surface area contributed by atoms with Gasteiger partial charge < -0.3 is 4.42 Å². The van der Waals surface area contributed by atoms with Crippen molar-refractivity contribution in [3.63, 3.8) is 0 Å². The number of aromatic nitrogens is 5. The average molecular weight is 763 g/mol. The first-order chi connectivity index (χ1) is 28.6. The summed E-state index contributed by atoms with van der Waals surface area (Å²) in [5.41, 5.74) is 9.55. The van der Waals surface area contributed by atoms with E-state index in [1.165, 1.54) is 0 Å². The Hall–Kier alpha value is -7.73. The van der Waals surface area contributed by atoms with Crippen molar-refractivity contribution in [2.45, 2.75) is 9.79 Å². The van der Waals surface area contributed by atoms with Gasteiger partial charge in [0.2, 0.25) is 0 Å². The second-order valence-corrected chi connectivity index (χ2v) is 14.8. The fraction of sp³-hybridized carbons (Fsp3) is 0. The summed E-state index contributed by atoms with van der Waals surface area (Å²) in [5, 5.41) is 11.1. The molecule has 0 fully saturated rings. The van der Waals surface area contributed by atoms with Crippen molar-refractivity contribution in [2.75, 3.05) is 0 Å². The smallest absolute Gasteiger partial charge is 0.164 e. The van der Waals surface area contributed by atoms with E-state index in [0.717, 1.165) is 76.4 Å². The maximum Gasteiger partial charge on any atom is 0.164 e. The Bertz CT molecular complexity index is 3130. The number of furan rings is 1. The monoisotopic (exact) mass is 762 g/mol. The van der Waals surface area contributed by atoms with Crippen LogP contribution in [0.15, 0.2) is 196 Å². The summed E-state index contributed by atoms with van der Waals surface area (Å²) in [4.78, 5) is 27.0. The van der Waals surface area contributed by atoms with Gasteiger partial charge in [-0.25, -0.2) is 24.9 Å². The summed E-state index contributed by atoms with van der Waals surface area (Å²) in [6, 6.07) is 60.5. The van der Waals surface area contributed by atoms with Gasteiger partial charge in [0.25, 0.3) is 0 Å². The highest BCUT2D eigenvalue weighted by molar-refractivity contribution is 7.99. The van der Waals surface area contributed by atoms with E-state index in [1.807, 2.05) is 146 Å². The van der Waals surface area contributed by atoms with Crippen molar-refractivity contribution >= 4 is 33.7 Å². The summed E-state index contributed by atoms with van der Waals surface area (Å²) in [6.45, 7) is 0. The SMILES string of the molecule is N#Cc1ccc(-c2ccc(-c3nc(-c4ccccc4)nc(-c4ccc5c(c4)oc4ccc(-c6ncc(Sc7ccccc7)c(-c7ccccc7)n6)cc45)n3)cc2)cc1. The van der Waals surface area contributed by atoms with Crippen LogP contribution < -0.4 is 0 Å². The fourth-order valence-corrected chi connectivity index (χ4v) is 7.87. The standard InChI is InChI=1S/C50H30N6OS/c51-30-32-16-18-33(19-17-32)34-20-22-37(23-21-34)49-54-48(36-12-6-2-7-13-36)55-50(56-49)39-24-26-41-42-28-38(25-27-43(42)57-44(41)29-39)47-52-31-45(58-40-14-8-3-9-15-40)46(53-47)35-10-4-1-5-11-35/h1-29,31H. The minimum atomic E-state index is 0.540. The van der Waals surface area contributed by atoms with Gasteiger partial charge in [0.1, 0.15) is 11.2 Å². The first-order valence-electron chi connectivity index (χ1n) is 18.7. The molecule has 0 radical (unpaired) electrons. The zero-order valence-corrected chi connectivity index (χ0v) is 31.6. The lowest BCUT2D eigenvalue weighted by atomic mass is 10.0. The first-order valence-corrected chi connectivity index (χ1v) is 19.5. The molecule has 3 aromatic heterocycles. The van der Waals surface area contributed by atoms with E-state index in [9.17, 15) is 5.26 Å². The molecule has 7 nitrogen and oxygen atoms in total. The van der Waals surface area contributed by atoms with Crippen LogP contribution in [0.3, 0.4) is 0 Å². The summed E-state index contributed by atoms with van der Waals surface area (Å²) >= 11 is 1.66. The Balaban J connectivity index is 1.01. The molecule has 0 unspecified atom stereocenters. The second kappa shape index (κ2) is 15.1. The summed E-state index contributed by atoms with van der Waals surface area (Å²) in [6.07, 6.45) is 1.92. The molecule has 0 saturated heterocycles. The molecule has 0 aliphatic rings. The van der Waals surface area contributed by atoms with Gasteiger partial charge in [-0.15, -0.1) is 0 Å². The van der Waals surface area contributed by atoms with E-state index in [1.54, 1.807) is 11.8 Å². The highest BCUT2D eigenvalue weighted by Gasteiger charge is 2.17. The van der Waals surface area contributed by atoms with Crippen LogP contribution in [0.4, 0.5) is 0 Å². The lowest BCUT2D eigenvalue weighted by molar-refractivity contribution is 0.669. The Morgan fingerprint density at radius 1 is 0.431 bits per heavy atom. The highest BCUT2D eigenvalue weighted by atomic mass is 32.2. The lowest BCUT2D eigenvalue weighted by Crippen LogP contribution is -2.00. The molecule has 0 amide bonds. The zero-order chi connectivity index (χ0) is 38.8. The molecular formula is C50H30N6OS. The predicted molar refractivity (Wildman–Crippen MR) is 231 cm³/mol. The van der Waals surface area contributed by atoms with Crippen LogP contribution in [0, 0.1) is 11.3 Å². The van der Waals surface area contributed by atoms with Crippen LogP contribution in [0.2, 0.25) is 0 Å². The first kappa shape index (κ1) is 34.7. The van der Waals surface area contributed by atoms with Gasteiger partial charge in [0.05, 0.1) is 22.2 Å². The molecule has 272 valence electrons. The molecule has 58 heavy (non-hydrogen) atoms. The number of fused-ring (bicyclic) bond motifs is 3. The van der Waals surface area contributed by atoms with Crippen molar-refractivity contribution in [1.29, 1.82) is 5.26 Å². The maximum absolute atomic E-state index is 9.20. The van der Waals surface area contributed by atoms with Gasteiger partial charge in [-0.3, -0.25) is 0 Å². The Labute approximate surface area is 338 Å². The van der Waals surface area contributed by atoms with Gasteiger partial charge >= 0.3 is 0 Å². The third-order valence-corrected chi connectivity index (χ3v) is 10.9. The van der Waals surface area contributed by atoms with Crippen LogP contribution >= 0.6 is 11.8 Å². The van der Waals surface area contributed by atoms with Crippen LogP contribution in [-0.2, 0) is 0 Å². The van der Waals surface area contributed by atoms with Crippen LogP contribution in [-0.4, -0.2) is 24.9 Å². The molecule has 10 rings (SSSR count). The van der Waals surface area contributed by atoms with E-state index in [4.69, 9.17) is 29.3 Å². The molecule has 0 aliphatic heterocycles. The number of nitriles is 1. The van der Waals surface area contributed by atoms with E-state index in [-0.39, 0.29) is 0 Å². The van der Waals surface area contributed by atoms with E-state index in [2.05, 4.69) is 42.5 Å². The topological polar surface area (TPSA) is 101 Å². The maximum atomic E-state index is 9.20.